The van der Waals surface area contributed by atoms with Gasteiger partial charge in [0.15, 0.2) is 0 Å². The third-order valence-corrected chi connectivity index (χ3v) is 3.63. The van der Waals surface area contributed by atoms with Gasteiger partial charge in [-0.2, -0.15) is 0 Å². The Bertz CT molecular complexity index is 231. The first kappa shape index (κ1) is 23.7. The van der Waals surface area contributed by atoms with Crippen molar-refractivity contribution in [1.82, 2.24) is 0 Å². The predicted octanol–water partition coefficient (Wildman–Crippen LogP) is 4.22. The van der Waals surface area contributed by atoms with E-state index in [1.54, 1.807) is 0 Å². The molecule has 0 aromatic rings. The lowest BCUT2D eigenvalue weighted by atomic mass is 10.1. The maximum Gasteiger partial charge on any atom is 0.305 e. The van der Waals surface area contributed by atoms with Gasteiger partial charge in [0.05, 0.1) is 6.61 Å². The molecule has 1 atom stereocenters. The third-order valence-electron chi connectivity index (χ3n) is 3.63. The molecule has 0 rings (SSSR count). The summed E-state index contributed by atoms with van der Waals surface area (Å²) in [5.41, 5.74) is 0. The second kappa shape index (κ2) is 18.4. The van der Waals surface area contributed by atoms with Crippen molar-refractivity contribution in [2.75, 3.05) is 13.2 Å². The van der Waals surface area contributed by atoms with Crippen molar-refractivity contribution in [2.24, 2.45) is 0 Å². The molecule has 0 heterocycles. The van der Waals surface area contributed by atoms with Crippen molar-refractivity contribution in [3.05, 3.63) is 0 Å². The molecule has 0 aliphatic rings. The van der Waals surface area contributed by atoms with Crippen molar-refractivity contribution in [3.63, 3.8) is 0 Å². The van der Waals surface area contributed by atoms with Crippen LogP contribution in [0.25, 0.3) is 0 Å². The molecule has 1 unspecified atom stereocenters. The maximum atomic E-state index is 11.3. The topological polar surface area (TPSA) is 66.8 Å². The van der Waals surface area contributed by atoms with Crippen LogP contribution in [0.5, 0.6) is 0 Å². The van der Waals surface area contributed by atoms with Gasteiger partial charge in [-0.15, -0.1) is 0 Å². The lowest BCUT2D eigenvalue weighted by Gasteiger charge is -2.08. The molecule has 0 saturated heterocycles. The Hall–Kier alpha value is -0.610. The first-order valence-corrected chi connectivity index (χ1v) is 8.65. The van der Waals surface area contributed by atoms with E-state index in [0.717, 1.165) is 12.8 Å². The monoisotopic (exact) mass is 318 g/mol. The summed E-state index contributed by atoms with van der Waals surface area (Å²) in [6.45, 7) is 1.77. The smallest absolute Gasteiger partial charge is 0.305 e. The first-order valence-electron chi connectivity index (χ1n) is 8.65. The average Bonchev–Trinajstić information content (AvgIpc) is 2.50. The molecule has 134 valence electrons. The van der Waals surface area contributed by atoms with Crippen LogP contribution in [0.3, 0.4) is 0 Å². The van der Waals surface area contributed by atoms with Gasteiger partial charge in [-0.25, -0.2) is 0 Å². The van der Waals surface area contributed by atoms with E-state index < -0.39 is 6.10 Å². The molecule has 4 nitrogen and oxygen atoms in total. The summed E-state index contributed by atoms with van der Waals surface area (Å²) >= 11 is 0. The highest BCUT2D eigenvalue weighted by Gasteiger charge is 2.07. The zero-order valence-electron chi connectivity index (χ0n) is 13.7. The fourth-order valence-corrected chi connectivity index (χ4v) is 2.25. The van der Waals surface area contributed by atoms with Gasteiger partial charge in [-0.3, -0.25) is 4.79 Å². The van der Waals surface area contributed by atoms with E-state index in [-0.39, 0.29) is 26.6 Å². The van der Waals surface area contributed by atoms with Crippen LogP contribution < -0.4 is 0 Å². The van der Waals surface area contributed by atoms with Gasteiger partial charge in [0.2, 0.25) is 0 Å². The van der Waals surface area contributed by atoms with E-state index in [1.165, 1.54) is 57.8 Å². The first-order chi connectivity index (χ1) is 10.2. The van der Waals surface area contributed by atoms with E-state index >= 15 is 0 Å². The zero-order chi connectivity index (χ0) is 15.8. The minimum Gasteiger partial charge on any atom is -0.463 e. The second-order valence-electron chi connectivity index (χ2n) is 5.80. The number of esters is 1. The highest BCUT2D eigenvalue weighted by molar-refractivity contribution is 5.69. The van der Waals surface area contributed by atoms with Crippen LogP contribution in [0, 0.1) is 0 Å². The lowest BCUT2D eigenvalue weighted by Crippen LogP contribution is -2.21. The summed E-state index contributed by atoms with van der Waals surface area (Å²) in [6.07, 6.45) is 13.2. The molecule has 0 aromatic carbocycles. The molecule has 0 aromatic heterocycles. The average molecular weight is 318 g/mol. The summed E-state index contributed by atoms with van der Waals surface area (Å²) in [5, 5.41) is 17.6. The minimum atomic E-state index is -0.953. The van der Waals surface area contributed by atoms with Gasteiger partial charge in [0, 0.05) is 6.42 Å². The number of rotatable bonds is 15. The Morgan fingerprint density at radius 1 is 0.909 bits per heavy atom. The number of aliphatic hydroxyl groups excluding tert-OH is 2. The van der Waals surface area contributed by atoms with Gasteiger partial charge in [-0.1, -0.05) is 78.6 Å². The zero-order valence-corrected chi connectivity index (χ0v) is 13.7. The Kier molecular flexibility index (Phi) is 19.8. The van der Waals surface area contributed by atoms with E-state index in [0.29, 0.717) is 6.42 Å². The number of unbranched alkanes of at least 4 members (excludes halogenated alkanes) is 10. The highest BCUT2D eigenvalue weighted by atomic mass is 16.5. The Balaban J connectivity index is 0. The summed E-state index contributed by atoms with van der Waals surface area (Å²) in [7, 11) is 0. The van der Waals surface area contributed by atoms with Crippen LogP contribution >= 0.6 is 0 Å². The molecule has 0 amide bonds. The van der Waals surface area contributed by atoms with E-state index in [2.05, 4.69) is 6.92 Å². The number of carbonyl (C=O) groups is 1. The van der Waals surface area contributed by atoms with Gasteiger partial charge in [-0.05, 0) is 6.42 Å². The van der Waals surface area contributed by atoms with E-state index in [4.69, 9.17) is 14.9 Å². The largest absolute Gasteiger partial charge is 0.463 e. The SMILES string of the molecule is C.CCCCCCCCCCCCCC(=O)OCC(O)CO. The Labute approximate surface area is 137 Å². The fraction of sp³-hybridized carbons (Fsp3) is 0.944. The summed E-state index contributed by atoms with van der Waals surface area (Å²) < 4.78 is 4.84. The predicted molar refractivity (Wildman–Crippen MR) is 91.9 cm³/mol. The molecule has 4 heteroatoms. The maximum absolute atomic E-state index is 11.3. The van der Waals surface area contributed by atoms with Crippen LogP contribution in [0.2, 0.25) is 0 Å². The molecular weight excluding hydrogens is 280 g/mol. The highest BCUT2D eigenvalue weighted by Crippen LogP contribution is 2.12. The van der Waals surface area contributed by atoms with E-state index in [1.807, 2.05) is 0 Å². The summed E-state index contributed by atoms with van der Waals surface area (Å²) in [5.74, 6) is -0.279. The van der Waals surface area contributed by atoms with Crippen molar-refractivity contribution in [3.8, 4) is 0 Å². The normalized spacial score (nSPS) is 11.8. The molecule has 0 spiro atoms. The van der Waals surface area contributed by atoms with Crippen LogP contribution in [0.1, 0.15) is 91.4 Å². The molecular formula is C18H38O4. The summed E-state index contributed by atoms with van der Waals surface area (Å²) in [6, 6.07) is 0. The molecule has 0 aliphatic carbocycles. The standard InChI is InChI=1S/C17H34O4.CH4/c1-2-3-4-5-6-7-8-9-10-11-12-13-17(20)21-15-16(19)14-18;/h16,18-19H,2-15H2,1H3;1H4. The van der Waals surface area contributed by atoms with Gasteiger partial charge in [0.1, 0.15) is 12.7 Å². The minimum absolute atomic E-state index is 0. The number of carbonyl (C=O) groups excluding carboxylic acids is 1. The lowest BCUT2D eigenvalue weighted by molar-refractivity contribution is -0.147. The number of ether oxygens (including phenoxy) is 1. The molecule has 22 heavy (non-hydrogen) atoms. The number of aliphatic hydroxyl groups is 2. The van der Waals surface area contributed by atoms with Crippen molar-refractivity contribution < 1.29 is 19.7 Å². The molecule has 0 bridgehead atoms. The van der Waals surface area contributed by atoms with Crippen molar-refractivity contribution in [2.45, 2.75) is 97.5 Å². The third kappa shape index (κ3) is 17.4. The van der Waals surface area contributed by atoms with Crippen LogP contribution in [-0.4, -0.2) is 35.5 Å². The Morgan fingerprint density at radius 2 is 1.36 bits per heavy atom. The van der Waals surface area contributed by atoms with Gasteiger partial charge in [0.25, 0.3) is 0 Å². The van der Waals surface area contributed by atoms with Crippen LogP contribution in [0.15, 0.2) is 0 Å². The van der Waals surface area contributed by atoms with Crippen molar-refractivity contribution in [1.29, 1.82) is 0 Å². The summed E-state index contributed by atoms with van der Waals surface area (Å²) in [4.78, 5) is 11.3. The van der Waals surface area contributed by atoms with Crippen LogP contribution in [-0.2, 0) is 9.53 Å². The van der Waals surface area contributed by atoms with Gasteiger partial charge < -0.3 is 14.9 Å². The molecule has 0 saturated carbocycles. The second-order valence-corrected chi connectivity index (χ2v) is 5.80. The fourth-order valence-electron chi connectivity index (χ4n) is 2.25. The van der Waals surface area contributed by atoms with Crippen molar-refractivity contribution >= 4 is 5.97 Å². The number of hydrogen-bond acceptors (Lipinski definition) is 4. The molecule has 0 aliphatic heterocycles. The quantitative estimate of drug-likeness (QED) is 0.350. The van der Waals surface area contributed by atoms with Crippen LogP contribution in [0.4, 0.5) is 0 Å². The molecule has 0 radical (unpaired) electrons. The molecule has 0 fully saturated rings. The Morgan fingerprint density at radius 3 is 1.82 bits per heavy atom. The van der Waals surface area contributed by atoms with Gasteiger partial charge >= 0.3 is 5.97 Å². The molecule has 2 N–H and O–H groups in total. The van der Waals surface area contributed by atoms with E-state index in [9.17, 15) is 4.79 Å². The number of hydrogen-bond donors (Lipinski definition) is 2.